The van der Waals surface area contributed by atoms with E-state index in [2.05, 4.69) is 13.2 Å². The van der Waals surface area contributed by atoms with Gasteiger partial charge in [0.1, 0.15) is 18.4 Å². The van der Waals surface area contributed by atoms with Gasteiger partial charge in [0, 0.05) is 17.6 Å². The Kier molecular flexibility index (Phi) is 10.5. The fourth-order valence-electron chi connectivity index (χ4n) is 3.88. The average Bonchev–Trinajstić information content (AvgIpc) is 2.55. The monoisotopic (exact) mass is 388 g/mol. The normalized spacial score (nSPS) is 30.1. The molecule has 2 fully saturated rings. The number of hydrogen-bond donors (Lipinski definition) is 0. The van der Waals surface area contributed by atoms with E-state index in [4.69, 9.17) is 9.47 Å². The fourth-order valence-corrected chi connectivity index (χ4v) is 3.88. The Morgan fingerprint density at radius 2 is 1.26 bits per heavy atom. The molecule has 3 atom stereocenters. The molecule has 0 aromatic carbocycles. The van der Waals surface area contributed by atoms with Crippen molar-refractivity contribution in [2.45, 2.75) is 77.2 Å². The molecule has 0 amide bonds. The van der Waals surface area contributed by atoms with Gasteiger partial charge in [-0.25, -0.2) is 14.0 Å². The minimum absolute atomic E-state index is 0. The summed E-state index contributed by atoms with van der Waals surface area (Å²) in [5.74, 6) is -0.452. The van der Waals surface area contributed by atoms with Crippen LogP contribution in [0.15, 0.2) is 24.3 Å². The van der Waals surface area contributed by atoms with Crippen LogP contribution in [-0.2, 0) is 19.1 Å². The highest BCUT2D eigenvalue weighted by atomic mass is 19.1. The van der Waals surface area contributed by atoms with Crippen molar-refractivity contribution in [2.75, 3.05) is 0 Å². The number of halogens is 1. The summed E-state index contributed by atoms with van der Waals surface area (Å²) >= 11 is 0. The van der Waals surface area contributed by atoms with Crippen molar-refractivity contribution < 1.29 is 34.4 Å². The molecule has 0 aliphatic heterocycles. The third-order valence-corrected chi connectivity index (χ3v) is 5.34. The molecule has 156 valence electrons. The van der Waals surface area contributed by atoms with Crippen molar-refractivity contribution in [3.63, 3.8) is 0 Å². The van der Waals surface area contributed by atoms with Gasteiger partial charge in [0.05, 0.1) is 0 Å². The second-order valence-electron chi connectivity index (χ2n) is 7.52. The predicted molar refractivity (Wildman–Crippen MR) is 101 cm³/mol. The van der Waals surface area contributed by atoms with Crippen molar-refractivity contribution in [1.29, 1.82) is 0 Å². The van der Waals surface area contributed by atoms with E-state index in [0.29, 0.717) is 23.5 Å². The lowest BCUT2D eigenvalue weighted by Gasteiger charge is -2.39. The van der Waals surface area contributed by atoms with Crippen LogP contribution in [0.1, 0.15) is 58.8 Å². The lowest BCUT2D eigenvalue weighted by Crippen LogP contribution is -2.38. The highest BCUT2D eigenvalue weighted by Gasteiger charge is 2.39. The molecule has 7 heteroatoms. The number of esters is 2. The first-order valence-corrected chi connectivity index (χ1v) is 9.15. The Morgan fingerprint density at radius 3 is 1.70 bits per heavy atom. The van der Waals surface area contributed by atoms with Gasteiger partial charge in [-0.2, -0.15) is 0 Å². The molecule has 0 aromatic rings. The van der Waals surface area contributed by atoms with Gasteiger partial charge in [0.15, 0.2) is 0 Å². The number of hydrogen-bond acceptors (Lipinski definition) is 4. The summed E-state index contributed by atoms with van der Waals surface area (Å²) in [6.07, 6.45) is 3.64. The molecule has 4 N–H and O–H groups in total. The summed E-state index contributed by atoms with van der Waals surface area (Å²) in [6, 6.07) is 0. The first kappa shape index (κ1) is 25.3. The topological polar surface area (TPSA) is 116 Å². The molecule has 2 saturated carbocycles. The van der Waals surface area contributed by atoms with Crippen molar-refractivity contribution in [3.8, 4) is 0 Å². The molecule has 0 bridgehead atoms. The summed E-state index contributed by atoms with van der Waals surface area (Å²) in [5.41, 5.74) is 0.758. The molecular formula is C20H33FO6. The second-order valence-corrected chi connectivity index (χ2v) is 7.52. The largest absolute Gasteiger partial charge is 0.459 e. The van der Waals surface area contributed by atoms with Gasteiger partial charge in [-0.1, -0.05) is 13.2 Å². The Balaban J connectivity index is 0.00000338. The van der Waals surface area contributed by atoms with Crippen LogP contribution in [0, 0.1) is 11.8 Å². The van der Waals surface area contributed by atoms with E-state index in [1.807, 2.05) is 0 Å². The summed E-state index contributed by atoms with van der Waals surface area (Å²) in [5, 5.41) is 0. The van der Waals surface area contributed by atoms with Crippen LogP contribution in [0.3, 0.4) is 0 Å². The van der Waals surface area contributed by atoms with Crippen LogP contribution in [0.5, 0.6) is 0 Å². The van der Waals surface area contributed by atoms with Gasteiger partial charge in [-0.15, -0.1) is 0 Å². The summed E-state index contributed by atoms with van der Waals surface area (Å²) < 4.78 is 25.3. The maximum atomic E-state index is 14.6. The molecule has 0 spiro atoms. The second kappa shape index (κ2) is 11.2. The molecule has 2 aliphatic rings. The number of carbonyl (C=O) groups is 2. The van der Waals surface area contributed by atoms with Crippen LogP contribution in [-0.4, -0.2) is 41.3 Å². The van der Waals surface area contributed by atoms with Crippen molar-refractivity contribution in [1.82, 2.24) is 0 Å². The molecule has 2 aliphatic carbocycles. The fraction of sp³-hybridized carbons (Fsp3) is 0.700. The van der Waals surface area contributed by atoms with Gasteiger partial charge in [-0.05, 0) is 64.2 Å². The van der Waals surface area contributed by atoms with Crippen LogP contribution in [0.2, 0.25) is 0 Å². The quantitative estimate of drug-likeness (QED) is 0.531. The average molecular weight is 388 g/mol. The Bertz CT molecular complexity index is 539. The van der Waals surface area contributed by atoms with Crippen LogP contribution < -0.4 is 0 Å². The van der Waals surface area contributed by atoms with E-state index in [0.717, 1.165) is 32.1 Å². The van der Waals surface area contributed by atoms with E-state index in [9.17, 15) is 14.0 Å². The molecule has 0 aromatic heterocycles. The van der Waals surface area contributed by atoms with Crippen LogP contribution in [0.25, 0.3) is 0 Å². The van der Waals surface area contributed by atoms with E-state index in [1.165, 1.54) is 0 Å². The van der Waals surface area contributed by atoms with E-state index in [1.54, 1.807) is 13.8 Å². The minimum Gasteiger partial charge on any atom is -0.459 e. The van der Waals surface area contributed by atoms with Gasteiger partial charge in [0.25, 0.3) is 0 Å². The molecule has 0 heterocycles. The summed E-state index contributed by atoms with van der Waals surface area (Å²) in [4.78, 5) is 23.2. The number of carbonyl (C=O) groups excluding carboxylic acids is 2. The third kappa shape index (κ3) is 7.07. The maximum absolute atomic E-state index is 14.6. The van der Waals surface area contributed by atoms with Crippen molar-refractivity contribution in [3.05, 3.63) is 24.3 Å². The third-order valence-electron chi connectivity index (χ3n) is 5.34. The molecular weight excluding hydrogens is 355 g/mol. The van der Waals surface area contributed by atoms with Crippen LogP contribution >= 0.6 is 0 Å². The lowest BCUT2D eigenvalue weighted by atomic mass is 9.71. The Hall–Kier alpha value is -1.73. The Morgan fingerprint density at radius 1 is 0.815 bits per heavy atom. The SMILES string of the molecule is C=C(C)C(=O)OC1CCC(C2CCC(OC(=O)C(=C)C)CC2F)CC1.O.O. The minimum atomic E-state index is -0.948. The van der Waals surface area contributed by atoms with E-state index < -0.39 is 12.1 Å². The number of rotatable bonds is 5. The van der Waals surface area contributed by atoms with Crippen LogP contribution in [0.4, 0.5) is 4.39 Å². The lowest BCUT2D eigenvalue weighted by molar-refractivity contribution is -0.150. The first-order chi connectivity index (χ1) is 11.8. The van der Waals surface area contributed by atoms with Gasteiger partial charge in [-0.3, -0.25) is 0 Å². The number of ether oxygens (including phenoxy) is 2. The zero-order chi connectivity index (χ0) is 18.6. The van der Waals surface area contributed by atoms with Crippen molar-refractivity contribution in [2.24, 2.45) is 11.8 Å². The van der Waals surface area contributed by atoms with E-state index in [-0.39, 0.29) is 41.5 Å². The molecule has 6 nitrogen and oxygen atoms in total. The molecule has 2 rings (SSSR count). The Labute approximate surface area is 160 Å². The van der Waals surface area contributed by atoms with E-state index >= 15 is 0 Å². The first-order valence-electron chi connectivity index (χ1n) is 9.15. The number of alkyl halides is 1. The van der Waals surface area contributed by atoms with Crippen molar-refractivity contribution >= 4 is 11.9 Å². The highest BCUT2D eigenvalue weighted by molar-refractivity contribution is 5.87. The zero-order valence-electron chi connectivity index (χ0n) is 16.3. The maximum Gasteiger partial charge on any atom is 0.333 e. The smallest absolute Gasteiger partial charge is 0.333 e. The molecule has 27 heavy (non-hydrogen) atoms. The predicted octanol–water partition coefficient (Wildman–Crippen LogP) is 2.64. The highest BCUT2D eigenvalue weighted by Crippen LogP contribution is 2.41. The molecule has 3 unspecified atom stereocenters. The van der Waals surface area contributed by atoms with Gasteiger partial charge < -0.3 is 20.4 Å². The van der Waals surface area contributed by atoms with Gasteiger partial charge >= 0.3 is 11.9 Å². The summed E-state index contributed by atoms with van der Waals surface area (Å²) in [7, 11) is 0. The standard InChI is InChI=1S/C20H29FO4.2H2O/c1-12(2)19(22)24-15-7-5-14(6-8-15)17-10-9-16(11-18(17)21)25-20(23)13(3)4;;/h14-18H,1,3,5-11H2,2,4H3;2*1H2. The molecule has 0 radical (unpaired) electrons. The van der Waals surface area contributed by atoms with Gasteiger partial charge in [0.2, 0.25) is 0 Å². The summed E-state index contributed by atoms with van der Waals surface area (Å²) in [6.45, 7) is 10.4. The molecule has 0 saturated heterocycles. The zero-order valence-corrected chi connectivity index (χ0v) is 16.3.